The van der Waals surface area contributed by atoms with Gasteiger partial charge in [-0.3, -0.25) is 0 Å². The number of anilines is 2. The summed E-state index contributed by atoms with van der Waals surface area (Å²) in [6.07, 6.45) is 2.05. The van der Waals surface area contributed by atoms with E-state index in [1.165, 1.54) is 5.01 Å². The molecule has 0 aliphatic carbocycles. The van der Waals surface area contributed by atoms with E-state index in [2.05, 4.69) is 27.8 Å². The minimum Gasteiger partial charge on any atom is -0.197 e. The number of nitrogens with zero attached hydrogens (tertiary/aromatic N) is 4. The maximum atomic E-state index is 12.1. The van der Waals surface area contributed by atoms with Crippen LogP contribution in [0, 0.1) is 9.81 Å². The predicted molar refractivity (Wildman–Crippen MR) is 135 cm³/mol. The van der Waals surface area contributed by atoms with Crippen molar-refractivity contribution in [1.82, 2.24) is 0 Å². The standard InChI is InChI=1S/C28H22N4O2/c33-30-29-28(22-12-5-2-6-13-22)27-23(19-20-9-3-1-4-10-20)16-18-26-24(27)17-15-21-11-7-8-14-25(21)32(26)31-34/h1-14,16,18H,15,17,19H2. The number of nitroso groups, excluding NO2 is 2. The Morgan fingerprint density at radius 3 is 2.18 bits per heavy atom. The molecule has 5 rings (SSSR count). The van der Waals surface area contributed by atoms with Crippen molar-refractivity contribution in [1.29, 1.82) is 0 Å². The van der Waals surface area contributed by atoms with Gasteiger partial charge < -0.3 is 0 Å². The molecule has 0 aromatic heterocycles. The van der Waals surface area contributed by atoms with E-state index < -0.39 is 0 Å². The van der Waals surface area contributed by atoms with Crippen LogP contribution in [0.5, 0.6) is 0 Å². The molecule has 0 spiro atoms. The van der Waals surface area contributed by atoms with Crippen LogP contribution in [0.1, 0.15) is 33.4 Å². The minimum absolute atomic E-state index is 0.496. The van der Waals surface area contributed by atoms with Gasteiger partial charge in [0.25, 0.3) is 0 Å². The lowest BCUT2D eigenvalue weighted by molar-refractivity contribution is 0.967. The second-order valence-electron chi connectivity index (χ2n) is 8.18. The molecule has 0 atom stereocenters. The molecule has 0 amide bonds. The molecule has 6 heteroatoms. The second-order valence-corrected chi connectivity index (χ2v) is 8.18. The molecule has 1 aliphatic heterocycles. The highest BCUT2D eigenvalue weighted by atomic mass is 16.3. The number of aryl methyl sites for hydroxylation is 1. The molecule has 0 saturated carbocycles. The maximum absolute atomic E-state index is 12.1. The van der Waals surface area contributed by atoms with Crippen molar-refractivity contribution in [3.05, 3.63) is 140 Å². The van der Waals surface area contributed by atoms with Gasteiger partial charge in [-0.15, -0.1) is 14.9 Å². The Balaban J connectivity index is 1.76. The van der Waals surface area contributed by atoms with E-state index in [9.17, 15) is 9.81 Å². The number of hydrogen-bond acceptors (Lipinski definition) is 4. The van der Waals surface area contributed by atoms with Crippen LogP contribution < -0.4 is 5.01 Å². The highest BCUT2D eigenvalue weighted by Gasteiger charge is 2.27. The quantitative estimate of drug-likeness (QED) is 0.188. The van der Waals surface area contributed by atoms with Crippen LogP contribution in [-0.4, -0.2) is 5.71 Å². The van der Waals surface area contributed by atoms with Crippen LogP contribution in [-0.2, 0) is 19.3 Å². The first-order chi connectivity index (χ1) is 16.8. The largest absolute Gasteiger partial charge is 0.197 e. The smallest absolute Gasteiger partial charge is 0.104 e. The molecule has 1 aliphatic rings. The van der Waals surface area contributed by atoms with Crippen LogP contribution >= 0.6 is 0 Å². The van der Waals surface area contributed by atoms with E-state index in [0.717, 1.165) is 45.5 Å². The van der Waals surface area contributed by atoms with Gasteiger partial charge in [-0.2, -0.15) is 5.01 Å². The lowest BCUT2D eigenvalue weighted by Crippen LogP contribution is -2.16. The summed E-state index contributed by atoms with van der Waals surface area (Å²) >= 11 is 0. The van der Waals surface area contributed by atoms with E-state index in [0.29, 0.717) is 24.2 Å². The second kappa shape index (κ2) is 9.58. The zero-order valence-corrected chi connectivity index (χ0v) is 18.5. The summed E-state index contributed by atoms with van der Waals surface area (Å²) < 4.78 is 0. The Bertz CT molecular complexity index is 1370. The molecule has 6 nitrogen and oxygen atoms in total. The number of hydrogen-bond donors (Lipinski definition) is 0. The molecular formula is C28H22N4O2. The Kier molecular flexibility index (Phi) is 6.03. The highest BCUT2D eigenvalue weighted by molar-refractivity contribution is 6.15. The van der Waals surface area contributed by atoms with Crippen LogP contribution in [0.25, 0.3) is 0 Å². The first kappa shape index (κ1) is 21.4. The summed E-state index contributed by atoms with van der Waals surface area (Å²) in [6.45, 7) is 0. The minimum atomic E-state index is 0.496. The Morgan fingerprint density at radius 2 is 1.44 bits per heavy atom. The highest BCUT2D eigenvalue weighted by Crippen LogP contribution is 2.40. The Labute approximate surface area is 197 Å². The molecule has 4 aromatic carbocycles. The van der Waals surface area contributed by atoms with Gasteiger partial charge in [0.15, 0.2) is 0 Å². The summed E-state index contributed by atoms with van der Waals surface area (Å²) in [5.74, 6) is 0. The molecule has 1 heterocycles. The Morgan fingerprint density at radius 1 is 0.735 bits per heavy atom. The maximum Gasteiger partial charge on any atom is 0.104 e. The lowest BCUT2D eigenvalue weighted by Gasteiger charge is -2.22. The molecular weight excluding hydrogens is 424 g/mol. The summed E-state index contributed by atoms with van der Waals surface area (Å²) in [5.41, 5.74) is 7.69. The molecule has 0 N–H and O–H groups in total. The third-order valence-electron chi connectivity index (χ3n) is 6.21. The van der Waals surface area contributed by atoms with Gasteiger partial charge in [-0.25, -0.2) is 0 Å². The third kappa shape index (κ3) is 4.01. The van der Waals surface area contributed by atoms with Gasteiger partial charge in [-0.05, 0) is 53.6 Å². The zero-order chi connectivity index (χ0) is 23.3. The van der Waals surface area contributed by atoms with Gasteiger partial charge in [0.2, 0.25) is 0 Å². The number of benzene rings is 4. The van der Waals surface area contributed by atoms with Crippen molar-refractivity contribution < 1.29 is 0 Å². The normalized spacial score (nSPS) is 12.9. The van der Waals surface area contributed by atoms with Crippen molar-refractivity contribution in [3.63, 3.8) is 0 Å². The molecule has 4 aromatic rings. The van der Waals surface area contributed by atoms with Crippen molar-refractivity contribution in [2.45, 2.75) is 19.3 Å². The van der Waals surface area contributed by atoms with E-state index in [1.54, 1.807) is 0 Å². The van der Waals surface area contributed by atoms with Crippen LogP contribution in [0.15, 0.2) is 113 Å². The van der Waals surface area contributed by atoms with E-state index in [4.69, 9.17) is 0 Å². The first-order valence-corrected chi connectivity index (χ1v) is 11.2. The van der Waals surface area contributed by atoms with Crippen LogP contribution in [0.2, 0.25) is 0 Å². The van der Waals surface area contributed by atoms with Crippen molar-refractivity contribution in [3.8, 4) is 0 Å². The zero-order valence-electron chi connectivity index (χ0n) is 18.5. The molecule has 0 radical (unpaired) electrons. The molecule has 0 fully saturated rings. The molecule has 34 heavy (non-hydrogen) atoms. The summed E-state index contributed by atoms with van der Waals surface area (Å²) in [7, 11) is 0. The molecule has 0 saturated heterocycles. The van der Waals surface area contributed by atoms with Gasteiger partial charge in [0.1, 0.15) is 5.71 Å². The monoisotopic (exact) mass is 446 g/mol. The average molecular weight is 447 g/mol. The molecule has 166 valence electrons. The lowest BCUT2D eigenvalue weighted by atomic mass is 9.87. The van der Waals surface area contributed by atoms with Crippen molar-refractivity contribution in [2.75, 3.05) is 5.01 Å². The fourth-order valence-electron chi connectivity index (χ4n) is 4.69. The van der Waals surface area contributed by atoms with Crippen molar-refractivity contribution >= 4 is 17.1 Å². The van der Waals surface area contributed by atoms with E-state index in [-0.39, 0.29) is 0 Å². The molecule has 0 unspecified atom stereocenters. The molecule has 0 bridgehead atoms. The average Bonchev–Trinajstić information content (AvgIpc) is 3.05. The van der Waals surface area contributed by atoms with Gasteiger partial charge >= 0.3 is 0 Å². The fraction of sp³-hybridized carbons (Fsp3) is 0.107. The van der Waals surface area contributed by atoms with E-state index in [1.807, 2.05) is 84.9 Å². The number of para-hydroxylation sites is 1. The van der Waals surface area contributed by atoms with Gasteiger partial charge in [0.05, 0.1) is 21.9 Å². The summed E-state index contributed by atoms with van der Waals surface area (Å²) in [4.78, 5) is 23.5. The summed E-state index contributed by atoms with van der Waals surface area (Å²) in [6, 6.07) is 31.4. The summed E-state index contributed by atoms with van der Waals surface area (Å²) in [5, 5.41) is 11.8. The first-order valence-electron chi connectivity index (χ1n) is 11.2. The third-order valence-corrected chi connectivity index (χ3v) is 6.21. The SMILES string of the molecule is O=NN=C(c1ccccc1)c1c(Cc2ccccc2)ccc2c1CCc1ccccc1N2N=O. The number of rotatable bonds is 6. The van der Waals surface area contributed by atoms with Crippen LogP contribution in [0.4, 0.5) is 11.4 Å². The van der Waals surface area contributed by atoms with E-state index >= 15 is 0 Å². The predicted octanol–water partition coefficient (Wildman–Crippen LogP) is 6.71. The van der Waals surface area contributed by atoms with Gasteiger partial charge in [-0.1, -0.05) is 84.9 Å². The topological polar surface area (TPSA) is 74.5 Å². The van der Waals surface area contributed by atoms with Crippen LogP contribution in [0.3, 0.4) is 0 Å². The van der Waals surface area contributed by atoms with Gasteiger partial charge in [0, 0.05) is 11.1 Å². The Hall–Kier alpha value is -4.45. The number of fused-ring (bicyclic) bond motifs is 2. The van der Waals surface area contributed by atoms with Crippen molar-refractivity contribution in [2.24, 2.45) is 15.7 Å². The fourth-order valence-corrected chi connectivity index (χ4v) is 4.69.